The minimum Gasteiger partial charge on any atom is -0.490 e. The molecule has 21 heavy (non-hydrogen) atoms. The first-order chi connectivity index (χ1) is 10.3. The summed E-state index contributed by atoms with van der Waals surface area (Å²) in [5, 5.41) is 3.58. The third-order valence-electron chi connectivity index (χ3n) is 3.55. The molecule has 1 aromatic rings. The van der Waals surface area contributed by atoms with Gasteiger partial charge in [-0.15, -0.1) is 0 Å². The van der Waals surface area contributed by atoms with Crippen molar-refractivity contribution < 1.29 is 9.47 Å². The van der Waals surface area contributed by atoms with Crippen LogP contribution < -0.4 is 14.8 Å². The van der Waals surface area contributed by atoms with E-state index < -0.39 is 0 Å². The van der Waals surface area contributed by atoms with Gasteiger partial charge in [-0.3, -0.25) is 0 Å². The van der Waals surface area contributed by atoms with Crippen molar-refractivity contribution in [2.75, 3.05) is 31.3 Å². The Labute approximate surface area is 132 Å². The van der Waals surface area contributed by atoms with Crippen molar-refractivity contribution in [2.24, 2.45) is 0 Å². The van der Waals surface area contributed by atoms with E-state index in [9.17, 15) is 0 Å². The molecule has 0 fully saturated rings. The van der Waals surface area contributed by atoms with E-state index in [2.05, 4.69) is 37.4 Å². The Kier molecular flexibility index (Phi) is 7.24. The van der Waals surface area contributed by atoms with Crippen molar-refractivity contribution in [3.05, 3.63) is 23.8 Å². The van der Waals surface area contributed by atoms with Crippen LogP contribution in [0.5, 0.6) is 11.5 Å². The maximum atomic E-state index is 5.80. The van der Waals surface area contributed by atoms with Crippen LogP contribution in [-0.2, 0) is 0 Å². The maximum absolute atomic E-state index is 5.80. The summed E-state index contributed by atoms with van der Waals surface area (Å²) in [6.45, 7) is 6.87. The van der Waals surface area contributed by atoms with Crippen LogP contribution in [0.3, 0.4) is 0 Å². The topological polar surface area (TPSA) is 30.5 Å². The second kappa shape index (κ2) is 9.21. The van der Waals surface area contributed by atoms with E-state index in [0.717, 1.165) is 43.4 Å². The van der Waals surface area contributed by atoms with Gasteiger partial charge in [-0.1, -0.05) is 26.3 Å². The molecule has 118 valence electrons. The number of benzene rings is 1. The minimum atomic E-state index is 0.383. The summed E-state index contributed by atoms with van der Waals surface area (Å²) in [4.78, 5) is 0. The Balaban J connectivity index is 2.03. The third kappa shape index (κ3) is 5.11. The van der Waals surface area contributed by atoms with E-state index in [-0.39, 0.29) is 0 Å². The summed E-state index contributed by atoms with van der Waals surface area (Å²) in [5.74, 6) is 4.12. The number of nitrogens with one attached hydrogen (secondary N) is 1. The maximum Gasteiger partial charge on any atom is 0.161 e. The van der Waals surface area contributed by atoms with E-state index in [1.807, 2.05) is 11.8 Å². The molecule has 1 N–H and O–H groups in total. The number of ether oxygens (including phenoxy) is 2. The van der Waals surface area contributed by atoms with Crippen molar-refractivity contribution in [3.63, 3.8) is 0 Å². The zero-order valence-corrected chi connectivity index (χ0v) is 14.0. The normalized spacial score (nSPS) is 15.5. The zero-order valence-electron chi connectivity index (χ0n) is 13.2. The number of fused-ring (bicyclic) bond motifs is 1. The molecule has 2 rings (SSSR count). The van der Waals surface area contributed by atoms with Gasteiger partial charge in [0.15, 0.2) is 11.5 Å². The lowest BCUT2D eigenvalue weighted by Gasteiger charge is -2.19. The Morgan fingerprint density at radius 3 is 2.76 bits per heavy atom. The van der Waals surface area contributed by atoms with Crippen LogP contribution in [0, 0.1) is 0 Å². The van der Waals surface area contributed by atoms with Crippen LogP contribution in [-0.4, -0.2) is 31.3 Å². The van der Waals surface area contributed by atoms with Crippen LogP contribution in [0.2, 0.25) is 0 Å². The van der Waals surface area contributed by atoms with Gasteiger partial charge in [0.05, 0.1) is 13.2 Å². The van der Waals surface area contributed by atoms with Crippen LogP contribution in [0.15, 0.2) is 18.2 Å². The SMILES string of the molecule is CCCCSCC(NCC)c1ccc2c(c1)OCCCO2. The third-order valence-corrected chi connectivity index (χ3v) is 4.70. The average Bonchev–Trinajstić information content (AvgIpc) is 2.75. The van der Waals surface area contributed by atoms with E-state index in [1.165, 1.54) is 24.2 Å². The molecule has 1 heterocycles. The highest BCUT2D eigenvalue weighted by Crippen LogP contribution is 2.33. The molecule has 0 amide bonds. The summed E-state index contributed by atoms with van der Waals surface area (Å²) in [5.41, 5.74) is 1.30. The fourth-order valence-electron chi connectivity index (χ4n) is 2.36. The Morgan fingerprint density at radius 2 is 2.00 bits per heavy atom. The first kappa shape index (κ1) is 16.5. The summed E-state index contributed by atoms with van der Waals surface area (Å²) in [7, 11) is 0. The molecule has 0 radical (unpaired) electrons. The zero-order chi connectivity index (χ0) is 14.9. The van der Waals surface area contributed by atoms with Crippen molar-refractivity contribution in [1.82, 2.24) is 5.32 Å². The molecule has 1 aromatic carbocycles. The first-order valence-electron chi connectivity index (χ1n) is 8.05. The molecule has 0 aliphatic carbocycles. The van der Waals surface area contributed by atoms with Gasteiger partial charge in [0.1, 0.15) is 0 Å². The largest absolute Gasteiger partial charge is 0.490 e. The van der Waals surface area contributed by atoms with Gasteiger partial charge < -0.3 is 14.8 Å². The average molecular weight is 309 g/mol. The van der Waals surface area contributed by atoms with Gasteiger partial charge in [0.25, 0.3) is 0 Å². The molecular weight excluding hydrogens is 282 g/mol. The molecular formula is C17H27NO2S. The molecule has 0 saturated carbocycles. The van der Waals surface area contributed by atoms with E-state index in [1.54, 1.807) is 0 Å². The molecule has 3 nitrogen and oxygen atoms in total. The van der Waals surface area contributed by atoms with E-state index in [0.29, 0.717) is 6.04 Å². The number of thioether (sulfide) groups is 1. The molecule has 0 spiro atoms. The predicted molar refractivity (Wildman–Crippen MR) is 90.7 cm³/mol. The number of rotatable bonds is 8. The lowest BCUT2D eigenvalue weighted by molar-refractivity contribution is 0.297. The lowest BCUT2D eigenvalue weighted by Crippen LogP contribution is -2.23. The van der Waals surface area contributed by atoms with Crippen LogP contribution in [0.25, 0.3) is 0 Å². The molecule has 1 atom stereocenters. The quantitative estimate of drug-likeness (QED) is 0.734. The molecule has 4 heteroatoms. The highest BCUT2D eigenvalue weighted by Gasteiger charge is 2.15. The molecule has 1 aliphatic rings. The number of unbranched alkanes of at least 4 members (excludes halogenated alkanes) is 1. The van der Waals surface area contributed by atoms with Crippen molar-refractivity contribution in [1.29, 1.82) is 0 Å². The summed E-state index contributed by atoms with van der Waals surface area (Å²) >= 11 is 2.03. The first-order valence-corrected chi connectivity index (χ1v) is 9.21. The smallest absolute Gasteiger partial charge is 0.161 e. The van der Waals surface area contributed by atoms with Crippen molar-refractivity contribution in [3.8, 4) is 11.5 Å². The van der Waals surface area contributed by atoms with Crippen LogP contribution in [0.4, 0.5) is 0 Å². The van der Waals surface area contributed by atoms with Crippen LogP contribution >= 0.6 is 11.8 Å². The van der Waals surface area contributed by atoms with Gasteiger partial charge in [-0.25, -0.2) is 0 Å². The highest BCUT2D eigenvalue weighted by molar-refractivity contribution is 7.99. The van der Waals surface area contributed by atoms with Crippen LogP contribution in [0.1, 0.15) is 44.7 Å². The molecule has 0 aromatic heterocycles. The summed E-state index contributed by atoms with van der Waals surface area (Å²) < 4.78 is 11.5. The molecule has 0 bridgehead atoms. The Morgan fingerprint density at radius 1 is 1.19 bits per heavy atom. The van der Waals surface area contributed by atoms with E-state index in [4.69, 9.17) is 9.47 Å². The van der Waals surface area contributed by atoms with Gasteiger partial charge in [0, 0.05) is 18.2 Å². The standard InChI is InChI=1S/C17H27NO2S/c1-3-5-11-21-13-15(18-4-2)14-7-8-16-17(12-14)20-10-6-9-19-16/h7-8,12,15,18H,3-6,9-11,13H2,1-2H3. The van der Waals surface area contributed by atoms with E-state index >= 15 is 0 Å². The second-order valence-corrected chi connectivity index (χ2v) is 6.45. The fourth-order valence-corrected chi connectivity index (χ4v) is 3.57. The predicted octanol–water partition coefficient (Wildman–Crippen LogP) is 4.03. The minimum absolute atomic E-state index is 0.383. The van der Waals surface area contributed by atoms with Gasteiger partial charge in [0.2, 0.25) is 0 Å². The molecule has 1 aliphatic heterocycles. The number of hydrogen-bond donors (Lipinski definition) is 1. The van der Waals surface area contributed by atoms with Gasteiger partial charge >= 0.3 is 0 Å². The fraction of sp³-hybridized carbons (Fsp3) is 0.647. The second-order valence-electron chi connectivity index (χ2n) is 5.30. The van der Waals surface area contributed by atoms with Gasteiger partial charge in [-0.05, 0) is 36.4 Å². The Bertz CT molecular complexity index is 425. The highest BCUT2D eigenvalue weighted by atomic mass is 32.2. The van der Waals surface area contributed by atoms with Gasteiger partial charge in [-0.2, -0.15) is 11.8 Å². The lowest BCUT2D eigenvalue weighted by atomic mass is 10.1. The summed E-state index contributed by atoms with van der Waals surface area (Å²) in [6.07, 6.45) is 3.51. The number of hydrogen-bond acceptors (Lipinski definition) is 4. The van der Waals surface area contributed by atoms with Crippen molar-refractivity contribution in [2.45, 2.75) is 39.2 Å². The summed E-state index contributed by atoms with van der Waals surface area (Å²) in [6, 6.07) is 6.75. The molecule has 1 unspecified atom stereocenters. The molecule has 0 saturated heterocycles. The van der Waals surface area contributed by atoms with Crippen molar-refractivity contribution >= 4 is 11.8 Å². The Hall–Kier alpha value is -0.870. The monoisotopic (exact) mass is 309 g/mol.